The van der Waals surface area contributed by atoms with Gasteiger partial charge in [-0.15, -0.1) is 0 Å². The van der Waals surface area contributed by atoms with Crippen LogP contribution >= 0.6 is 62.3 Å². The number of hydrogen-bond acceptors (Lipinski definition) is 0. The van der Waals surface area contributed by atoms with E-state index in [1.807, 2.05) is 42.5 Å². The molecule has 0 heterocycles. The van der Waals surface area contributed by atoms with Crippen LogP contribution in [-0.4, -0.2) is 3.79 Å². The predicted octanol–water partition coefficient (Wildman–Crippen LogP) is 6.60. The third kappa shape index (κ3) is 3.80. The Morgan fingerprint density at radius 2 is 1.47 bits per heavy atom. The lowest BCUT2D eigenvalue weighted by Crippen LogP contribution is -2.18. The first-order chi connectivity index (χ1) is 8.89. The zero-order valence-corrected chi connectivity index (χ0v) is 14.2. The van der Waals surface area contributed by atoms with E-state index in [9.17, 15) is 0 Å². The van der Waals surface area contributed by atoms with Gasteiger partial charge in [0.15, 0.2) is 0 Å². The molecule has 0 fully saturated rings. The van der Waals surface area contributed by atoms with E-state index in [2.05, 4.69) is 15.9 Å². The average Bonchev–Trinajstić information content (AvgIpc) is 2.33. The molecule has 0 bridgehead atoms. The van der Waals surface area contributed by atoms with Gasteiger partial charge in [-0.1, -0.05) is 92.7 Å². The highest BCUT2D eigenvalue weighted by atomic mass is 79.9. The van der Waals surface area contributed by atoms with Crippen molar-refractivity contribution in [2.24, 2.45) is 0 Å². The van der Waals surface area contributed by atoms with Gasteiger partial charge in [0, 0.05) is 9.50 Å². The first-order valence-electron chi connectivity index (χ1n) is 5.46. The zero-order valence-electron chi connectivity index (χ0n) is 9.59. The van der Waals surface area contributed by atoms with E-state index >= 15 is 0 Å². The van der Waals surface area contributed by atoms with Crippen LogP contribution in [0.4, 0.5) is 0 Å². The fraction of sp³-hybridized carbons (Fsp3) is 0.143. The lowest BCUT2D eigenvalue weighted by Gasteiger charge is -2.26. The molecule has 2 aromatic rings. The summed E-state index contributed by atoms with van der Waals surface area (Å²) in [5, 5.41) is 0.585. The summed E-state index contributed by atoms with van der Waals surface area (Å²) in [5.74, 6) is -0.417. The Bertz CT molecular complexity index is 560. The van der Waals surface area contributed by atoms with Crippen LogP contribution in [0.15, 0.2) is 53.0 Å². The molecular formula is C14H9BrCl4. The standard InChI is InChI=1S/C14H9BrCl4/c15-10-7-5-9(6-8-10)13(14(17,18)19)11-3-1-2-4-12(11)16/h1-8,13H. The molecule has 2 rings (SSSR count). The van der Waals surface area contributed by atoms with Gasteiger partial charge in [0.1, 0.15) is 0 Å². The van der Waals surface area contributed by atoms with Gasteiger partial charge in [0.05, 0.1) is 5.92 Å². The first-order valence-corrected chi connectivity index (χ1v) is 7.76. The normalized spacial score (nSPS) is 13.3. The van der Waals surface area contributed by atoms with E-state index in [1.54, 1.807) is 6.07 Å². The van der Waals surface area contributed by atoms with Crippen molar-refractivity contribution in [3.05, 3.63) is 69.2 Å². The minimum absolute atomic E-state index is 0.417. The molecule has 0 amide bonds. The number of benzene rings is 2. The Morgan fingerprint density at radius 3 is 2.00 bits per heavy atom. The van der Waals surface area contributed by atoms with Crippen LogP contribution in [0.5, 0.6) is 0 Å². The molecule has 2 aromatic carbocycles. The smallest absolute Gasteiger partial charge is 0.0840 e. The largest absolute Gasteiger partial charge is 0.201 e. The molecule has 0 saturated carbocycles. The maximum atomic E-state index is 6.22. The quantitative estimate of drug-likeness (QED) is 0.499. The first kappa shape index (κ1) is 15.5. The fourth-order valence-corrected chi connectivity index (χ4v) is 3.15. The summed E-state index contributed by atoms with van der Waals surface area (Å²) < 4.78 is -0.503. The van der Waals surface area contributed by atoms with Crippen LogP contribution in [0.25, 0.3) is 0 Å². The monoisotopic (exact) mass is 396 g/mol. The molecule has 1 unspecified atom stereocenters. The molecule has 100 valence electrons. The van der Waals surface area contributed by atoms with Crippen LogP contribution in [0, 0.1) is 0 Å². The summed E-state index contributed by atoms with van der Waals surface area (Å²) in [6, 6.07) is 15.0. The maximum Gasteiger partial charge on any atom is 0.201 e. The molecular weight excluding hydrogens is 390 g/mol. The number of halogens is 5. The summed E-state index contributed by atoms with van der Waals surface area (Å²) in [6.07, 6.45) is 0. The second-order valence-corrected chi connectivity index (χ2v) is 7.74. The third-order valence-corrected chi connectivity index (χ3v) is 4.27. The lowest BCUT2D eigenvalue weighted by molar-refractivity contribution is 0.839. The molecule has 0 nitrogen and oxygen atoms in total. The molecule has 0 N–H and O–H groups in total. The maximum absolute atomic E-state index is 6.22. The molecule has 0 aliphatic rings. The Hall–Kier alpha value is 0.0800. The Kier molecular flexibility index (Phi) is 5.08. The van der Waals surface area contributed by atoms with Crippen LogP contribution in [0.3, 0.4) is 0 Å². The minimum Gasteiger partial charge on any atom is -0.0840 e. The average molecular weight is 399 g/mol. The van der Waals surface area contributed by atoms with Crippen LogP contribution in [0.1, 0.15) is 17.0 Å². The van der Waals surface area contributed by atoms with Gasteiger partial charge in [-0.2, -0.15) is 0 Å². The summed E-state index contributed by atoms with van der Waals surface area (Å²) in [6.45, 7) is 0. The van der Waals surface area contributed by atoms with Crippen LogP contribution < -0.4 is 0 Å². The summed E-state index contributed by atoms with van der Waals surface area (Å²) >= 11 is 28.0. The number of alkyl halides is 3. The van der Waals surface area contributed by atoms with Gasteiger partial charge in [-0.3, -0.25) is 0 Å². The summed E-state index contributed by atoms with van der Waals surface area (Å²) in [5.41, 5.74) is 1.70. The van der Waals surface area contributed by atoms with Crippen molar-refractivity contribution in [3.63, 3.8) is 0 Å². The predicted molar refractivity (Wildman–Crippen MR) is 87.7 cm³/mol. The van der Waals surface area contributed by atoms with Gasteiger partial charge >= 0.3 is 0 Å². The highest BCUT2D eigenvalue weighted by Gasteiger charge is 2.36. The topological polar surface area (TPSA) is 0 Å². The molecule has 19 heavy (non-hydrogen) atoms. The van der Waals surface area contributed by atoms with Gasteiger partial charge in [0.25, 0.3) is 0 Å². The molecule has 0 aromatic heterocycles. The number of rotatable bonds is 2. The van der Waals surface area contributed by atoms with Crippen LogP contribution in [0.2, 0.25) is 5.02 Å². The minimum atomic E-state index is -1.47. The fourth-order valence-electron chi connectivity index (χ4n) is 1.91. The van der Waals surface area contributed by atoms with Gasteiger partial charge < -0.3 is 0 Å². The molecule has 0 aliphatic heterocycles. The van der Waals surface area contributed by atoms with Crippen molar-refractivity contribution in [3.8, 4) is 0 Å². The van der Waals surface area contributed by atoms with Crippen molar-refractivity contribution in [2.45, 2.75) is 9.71 Å². The molecule has 0 spiro atoms. The highest BCUT2D eigenvalue weighted by molar-refractivity contribution is 9.10. The molecule has 0 saturated heterocycles. The summed E-state index contributed by atoms with van der Waals surface area (Å²) in [7, 11) is 0. The van der Waals surface area contributed by atoms with Crippen molar-refractivity contribution in [1.29, 1.82) is 0 Å². The molecule has 5 heteroatoms. The van der Waals surface area contributed by atoms with E-state index in [0.717, 1.165) is 15.6 Å². The SMILES string of the molecule is Clc1ccccc1C(c1ccc(Br)cc1)C(Cl)(Cl)Cl. The Morgan fingerprint density at radius 1 is 0.895 bits per heavy atom. The van der Waals surface area contributed by atoms with Crippen molar-refractivity contribution in [1.82, 2.24) is 0 Å². The van der Waals surface area contributed by atoms with Crippen LogP contribution in [-0.2, 0) is 0 Å². The van der Waals surface area contributed by atoms with E-state index in [0.29, 0.717) is 5.02 Å². The molecule has 1 atom stereocenters. The second kappa shape index (κ2) is 6.24. The van der Waals surface area contributed by atoms with E-state index < -0.39 is 9.71 Å². The van der Waals surface area contributed by atoms with E-state index in [1.165, 1.54) is 0 Å². The Labute approximate surface area is 140 Å². The van der Waals surface area contributed by atoms with Gasteiger partial charge in [-0.25, -0.2) is 0 Å². The van der Waals surface area contributed by atoms with E-state index in [-0.39, 0.29) is 0 Å². The third-order valence-electron chi connectivity index (χ3n) is 2.75. The second-order valence-electron chi connectivity index (χ2n) is 4.05. The summed E-state index contributed by atoms with van der Waals surface area (Å²) in [4.78, 5) is 0. The zero-order chi connectivity index (χ0) is 14.0. The van der Waals surface area contributed by atoms with E-state index in [4.69, 9.17) is 46.4 Å². The van der Waals surface area contributed by atoms with Crippen molar-refractivity contribution < 1.29 is 0 Å². The highest BCUT2D eigenvalue weighted by Crippen LogP contribution is 2.47. The molecule has 0 aliphatic carbocycles. The number of hydrogen-bond donors (Lipinski definition) is 0. The van der Waals surface area contributed by atoms with Gasteiger partial charge in [-0.05, 0) is 29.3 Å². The van der Waals surface area contributed by atoms with Crippen molar-refractivity contribution in [2.75, 3.05) is 0 Å². The Balaban J connectivity index is 2.55. The van der Waals surface area contributed by atoms with Crippen molar-refractivity contribution >= 4 is 62.3 Å². The molecule has 0 radical (unpaired) electrons. The van der Waals surface area contributed by atoms with Gasteiger partial charge in [0.2, 0.25) is 3.79 Å². The lowest BCUT2D eigenvalue weighted by atomic mass is 9.92.